The van der Waals surface area contributed by atoms with E-state index in [0.29, 0.717) is 23.3 Å². The van der Waals surface area contributed by atoms with Crippen LogP contribution in [0.5, 0.6) is 11.5 Å². The van der Waals surface area contributed by atoms with E-state index < -0.39 is 6.04 Å². The molecule has 2 aromatic rings. The average molecular weight is 249 g/mol. The monoisotopic (exact) mass is 249 g/mol. The highest BCUT2D eigenvalue weighted by atomic mass is 16.5. The Balaban J connectivity index is 2.38. The van der Waals surface area contributed by atoms with Gasteiger partial charge in [-0.15, -0.1) is 10.2 Å². The number of nitrogens with two attached hydrogens (primary N) is 1. The number of nitrogens with zero attached hydrogens (tertiary/aromatic N) is 2. The minimum Gasteiger partial charge on any atom is -0.497 e. The molecule has 1 atom stereocenters. The summed E-state index contributed by atoms with van der Waals surface area (Å²) >= 11 is 0. The topological polar surface area (TPSA) is 83.4 Å². The van der Waals surface area contributed by atoms with Gasteiger partial charge in [-0.1, -0.05) is 0 Å². The first kappa shape index (κ1) is 12.4. The summed E-state index contributed by atoms with van der Waals surface area (Å²) in [5.74, 6) is 2.16. The summed E-state index contributed by atoms with van der Waals surface area (Å²) in [4.78, 5) is 0. The highest BCUT2D eigenvalue weighted by molar-refractivity contribution is 5.43. The molecule has 0 aliphatic heterocycles. The smallest absolute Gasteiger partial charge is 0.237 e. The Morgan fingerprint density at radius 1 is 1.22 bits per heavy atom. The fourth-order valence-corrected chi connectivity index (χ4v) is 1.65. The number of hydrogen-bond donors (Lipinski definition) is 1. The number of benzene rings is 1. The lowest BCUT2D eigenvalue weighted by Crippen LogP contribution is -2.13. The average Bonchev–Trinajstić information content (AvgIpc) is 2.83. The van der Waals surface area contributed by atoms with Crippen LogP contribution in [0.4, 0.5) is 0 Å². The SMILES string of the molecule is COc1ccc(C(N)c2nnc(C)o2)c(OC)c1. The summed E-state index contributed by atoms with van der Waals surface area (Å²) in [5.41, 5.74) is 6.85. The molecule has 1 aromatic heterocycles. The van der Waals surface area contributed by atoms with Crippen molar-refractivity contribution in [2.75, 3.05) is 14.2 Å². The van der Waals surface area contributed by atoms with Gasteiger partial charge in [0.25, 0.3) is 0 Å². The van der Waals surface area contributed by atoms with Crippen LogP contribution in [-0.4, -0.2) is 24.4 Å². The lowest BCUT2D eigenvalue weighted by molar-refractivity contribution is 0.385. The number of aryl methyl sites for hydroxylation is 1. The molecule has 0 saturated heterocycles. The highest BCUT2D eigenvalue weighted by Gasteiger charge is 2.19. The Labute approximate surface area is 105 Å². The van der Waals surface area contributed by atoms with E-state index in [4.69, 9.17) is 19.6 Å². The van der Waals surface area contributed by atoms with Gasteiger partial charge >= 0.3 is 0 Å². The lowest BCUT2D eigenvalue weighted by Gasteiger charge is -2.13. The van der Waals surface area contributed by atoms with Gasteiger partial charge in [0.05, 0.1) is 14.2 Å². The molecular formula is C12H15N3O3. The number of rotatable bonds is 4. The molecule has 0 fully saturated rings. The fourth-order valence-electron chi connectivity index (χ4n) is 1.65. The second kappa shape index (κ2) is 5.05. The van der Waals surface area contributed by atoms with Crippen molar-refractivity contribution in [2.24, 2.45) is 5.73 Å². The summed E-state index contributed by atoms with van der Waals surface area (Å²) in [6, 6.07) is 4.87. The van der Waals surface area contributed by atoms with Crippen molar-refractivity contribution in [3.63, 3.8) is 0 Å². The Morgan fingerprint density at radius 2 is 2.00 bits per heavy atom. The molecule has 0 bridgehead atoms. The van der Waals surface area contributed by atoms with Crippen molar-refractivity contribution in [2.45, 2.75) is 13.0 Å². The molecule has 0 aliphatic carbocycles. The molecule has 0 saturated carbocycles. The van der Waals surface area contributed by atoms with Crippen molar-refractivity contribution in [3.05, 3.63) is 35.5 Å². The van der Waals surface area contributed by atoms with Crippen molar-refractivity contribution < 1.29 is 13.9 Å². The summed E-state index contributed by atoms with van der Waals surface area (Å²) in [5, 5.41) is 7.67. The van der Waals surface area contributed by atoms with Crippen LogP contribution in [0.15, 0.2) is 22.6 Å². The molecule has 1 heterocycles. The second-order valence-electron chi connectivity index (χ2n) is 3.74. The molecule has 1 aromatic carbocycles. The van der Waals surface area contributed by atoms with E-state index in [1.165, 1.54) is 0 Å². The van der Waals surface area contributed by atoms with E-state index in [-0.39, 0.29) is 0 Å². The maximum Gasteiger partial charge on any atom is 0.237 e. The zero-order valence-electron chi connectivity index (χ0n) is 10.5. The van der Waals surface area contributed by atoms with Crippen LogP contribution >= 0.6 is 0 Å². The van der Waals surface area contributed by atoms with Crippen molar-refractivity contribution in [3.8, 4) is 11.5 Å². The molecule has 1 unspecified atom stereocenters. The first-order valence-electron chi connectivity index (χ1n) is 5.43. The second-order valence-corrected chi connectivity index (χ2v) is 3.74. The molecule has 0 aliphatic rings. The Morgan fingerprint density at radius 3 is 2.56 bits per heavy atom. The predicted octanol–water partition coefficient (Wildman–Crippen LogP) is 1.44. The Kier molecular flexibility index (Phi) is 3.47. The van der Waals surface area contributed by atoms with E-state index in [1.54, 1.807) is 33.3 Å². The van der Waals surface area contributed by atoms with E-state index in [2.05, 4.69) is 10.2 Å². The van der Waals surface area contributed by atoms with Gasteiger partial charge in [-0.3, -0.25) is 0 Å². The van der Waals surface area contributed by atoms with Crippen LogP contribution in [0, 0.1) is 6.92 Å². The first-order chi connectivity index (χ1) is 8.65. The molecule has 96 valence electrons. The highest BCUT2D eigenvalue weighted by Crippen LogP contribution is 2.31. The maximum atomic E-state index is 6.08. The lowest BCUT2D eigenvalue weighted by atomic mass is 10.1. The normalized spacial score (nSPS) is 12.2. The standard InChI is InChI=1S/C12H15N3O3/c1-7-14-15-12(18-7)11(13)9-5-4-8(16-2)6-10(9)17-3/h4-6,11H,13H2,1-3H3. The van der Waals surface area contributed by atoms with Gasteiger partial charge < -0.3 is 19.6 Å². The number of hydrogen-bond acceptors (Lipinski definition) is 6. The summed E-state index contributed by atoms with van der Waals surface area (Å²) < 4.78 is 15.7. The molecule has 0 radical (unpaired) electrons. The van der Waals surface area contributed by atoms with Gasteiger partial charge in [0.1, 0.15) is 17.5 Å². The largest absolute Gasteiger partial charge is 0.497 e. The Bertz CT molecular complexity index is 539. The zero-order valence-corrected chi connectivity index (χ0v) is 10.5. The third-order valence-electron chi connectivity index (χ3n) is 2.58. The Hall–Kier alpha value is -2.08. The summed E-state index contributed by atoms with van der Waals surface area (Å²) in [6.45, 7) is 1.72. The third kappa shape index (κ3) is 2.28. The molecular weight excluding hydrogens is 234 g/mol. The molecule has 0 spiro atoms. The number of aromatic nitrogens is 2. The van der Waals surface area contributed by atoms with Crippen LogP contribution < -0.4 is 15.2 Å². The summed E-state index contributed by atoms with van der Waals surface area (Å²) in [7, 11) is 3.17. The van der Waals surface area contributed by atoms with Crippen LogP contribution in [0.1, 0.15) is 23.4 Å². The number of ether oxygens (including phenoxy) is 2. The van der Waals surface area contributed by atoms with E-state index in [9.17, 15) is 0 Å². The molecule has 18 heavy (non-hydrogen) atoms. The van der Waals surface area contributed by atoms with Gasteiger partial charge in [-0.2, -0.15) is 0 Å². The molecule has 2 N–H and O–H groups in total. The van der Waals surface area contributed by atoms with E-state index in [0.717, 1.165) is 5.56 Å². The number of methoxy groups -OCH3 is 2. The first-order valence-corrected chi connectivity index (χ1v) is 5.43. The van der Waals surface area contributed by atoms with Crippen molar-refractivity contribution in [1.29, 1.82) is 0 Å². The van der Waals surface area contributed by atoms with Gasteiger partial charge in [-0.25, -0.2) is 0 Å². The quantitative estimate of drug-likeness (QED) is 0.882. The minimum absolute atomic E-state index is 0.357. The van der Waals surface area contributed by atoms with Crippen LogP contribution in [0.25, 0.3) is 0 Å². The molecule has 2 rings (SSSR count). The molecule has 6 heteroatoms. The van der Waals surface area contributed by atoms with E-state index >= 15 is 0 Å². The third-order valence-corrected chi connectivity index (χ3v) is 2.58. The van der Waals surface area contributed by atoms with Crippen molar-refractivity contribution in [1.82, 2.24) is 10.2 Å². The molecule has 0 amide bonds. The zero-order chi connectivity index (χ0) is 13.1. The van der Waals surface area contributed by atoms with Crippen LogP contribution in [0.2, 0.25) is 0 Å². The van der Waals surface area contributed by atoms with Gasteiger partial charge in [0, 0.05) is 18.6 Å². The maximum absolute atomic E-state index is 6.08. The summed E-state index contributed by atoms with van der Waals surface area (Å²) in [6.07, 6.45) is 0. The van der Waals surface area contributed by atoms with Gasteiger partial charge in [0.15, 0.2) is 0 Å². The fraction of sp³-hybridized carbons (Fsp3) is 0.333. The van der Waals surface area contributed by atoms with Gasteiger partial charge in [0.2, 0.25) is 11.8 Å². The van der Waals surface area contributed by atoms with Gasteiger partial charge in [-0.05, 0) is 12.1 Å². The minimum atomic E-state index is -0.521. The predicted molar refractivity (Wildman–Crippen MR) is 64.6 cm³/mol. The molecule has 6 nitrogen and oxygen atoms in total. The van der Waals surface area contributed by atoms with Crippen molar-refractivity contribution >= 4 is 0 Å². The van der Waals surface area contributed by atoms with Crippen LogP contribution in [0.3, 0.4) is 0 Å². The van der Waals surface area contributed by atoms with Crippen LogP contribution in [-0.2, 0) is 0 Å². The van der Waals surface area contributed by atoms with E-state index in [1.807, 2.05) is 6.07 Å².